The molecule has 0 saturated carbocycles. The Bertz CT molecular complexity index is 1420. The molecule has 0 radical (unpaired) electrons. The van der Waals surface area contributed by atoms with Crippen LogP contribution in [0.25, 0.3) is 11.3 Å². The molecule has 5 heterocycles. The highest BCUT2D eigenvalue weighted by Gasteiger charge is 2.54. The largest absolute Gasteiger partial charge is 0.477 e. The van der Waals surface area contributed by atoms with Gasteiger partial charge in [-0.2, -0.15) is 0 Å². The average molecular weight is 527 g/mol. The molecule has 2 atom stereocenters. The van der Waals surface area contributed by atoms with E-state index in [0.717, 1.165) is 16.9 Å². The second kappa shape index (κ2) is 9.43. The number of carboxylic acids is 1. The van der Waals surface area contributed by atoms with Crippen LogP contribution in [0.3, 0.4) is 0 Å². The van der Waals surface area contributed by atoms with Crippen molar-refractivity contribution in [1.29, 1.82) is 0 Å². The number of nitrogen functional groups attached to an aromatic ring is 1. The van der Waals surface area contributed by atoms with Gasteiger partial charge >= 0.3 is 5.97 Å². The fourth-order valence-electron chi connectivity index (χ4n) is 3.95. The molecule has 3 aromatic heterocycles. The zero-order valence-corrected chi connectivity index (χ0v) is 19.9. The average Bonchev–Trinajstić information content (AvgIpc) is 3.52. The predicted molar refractivity (Wildman–Crippen MR) is 130 cm³/mol. The zero-order chi connectivity index (χ0) is 25.4. The molecule has 2 aliphatic rings. The maximum Gasteiger partial charge on any atom is 0.352 e. The van der Waals surface area contributed by atoms with Gasteiger partial charge in [0, 0.05) is 41.8 Å². The molecule has 0 aromatic carbocycles. The van der Waals surface area contributed by atoms with Crippen LogP contribution in [0.4, 0.5) is 5.13 Å². The predicted octanol–water partition coefficient (Wildman–Crippen LogP) is 0.601. The Morgan fingerprint density at radius 1 is 1.36 bits per heavy atom. The number of fused-ring (bicyclic) bond motifs is 1. The number of thioether (sulfide) groups is 1. The first-order valence-corrected chi connectivity index (χ1v) is 12.4. The first-order valence-electron chi connectivity index (χ1n) is 10.4. The van der Waals surface area contributed by atoms with Crippen LogP contribution in [0.1, 0.15) is 5.69 Å². The molecule has 0 spiro atoms. The highest BCUT2D eigenvalue weighted by atomic mass is 32.2. The third-order valence-electron chi connectivity index (χ3n) is 5.58. The minimum absolute atomic E-state index is 0.0665. The van der Waals surface area contributed by atoms with Crippen LogP contribution in [0.15, 0.2) is 58.9 Å². The van der Waals surface area contributed by atoms with Crippen LogP contribution in [0, 0.1) is 0 Å². The summed E-state index contributed by atoms with van der Waals surface area (Å²) in [5, 5.41) is 25.7. The van der Waals surface area contributed by atoms with E-state index >= 15 is 0 Å². The van der Waals surface area contributed by atoms with Crippen molar-refractivity contribution in [3.8, 4) is 11.3 Å². The van der Waals surface area contributed by atoms with Crippen LogP contribution in [-0.2, 0) is 20.9 Å². The number of β-lactam (4-membered cyclic amide) rings is 1. The lowest BCUT2D eigenvalue weighted by molar-refractivity contribution is -0.150. The van der Waals surface area contributed by atoms with E-state index in [9.17, 15) is 24.7 Å². The number of imidazole rings is 1. The lowest BCUT2D eigenvalue weighted by atomic mass is 10.0. The highest BCUT2D eigenvalue weighted by Crippen LogP contribution is 2.40. The molecule has 3 aromatic rings. The van der Waals surface area contributed by atoms with Gasteiger partial charge in [0.2, 0.25) is 0 Å². The van der Waals surface area contributed by atoms with Gasteiger partial charge < -0.3 is 25.9 Å². The van der Waals surface area contributed by atoms with Gasteiger partial charge in [0.15, 0.2) is 10.8 Å². The number of pyridine rings is 1. The van der Waals surface area contributed by atoms with Crippen molar-refractivity contribution in [2.75, 3.05) is 11.5 Å². The molecule has 2 amide bonds. The van der Waals surface area contributed by atoms with Gasteiger partial charge in [0.1, 0.15) is 22.8 Å². The lowest BCUT2D eigenvalue weighted by Crippen LogP contribution is -2.71. The van der Waals surface area contributed by atoms with E-state index in [0.29, 0.717) is 17.0 Å². The monoisotopic (exact) mass is 526 g/mol. The first-order chi connectivity index (χ1) is 17.4. The van der Waals surface area contributed by atoms with Gasteiger partial charge in [-0.3, -0.25) is 19.5 Å². The van der Waals surface area contributed by atoms with Crippen LogP contribution >= 0.6 is 23.1 Å². The molecule has 184 valence electrons. The second-order valence-corrected chi connectivity index (χ2v) is 9.81. The van der Waals surface area contributed by atoms with Gasteiger partial charge in [-0.15, -0.1) is 23.1 Å². The molecule has 5 rings (SSSR count). The fourth-order valence-corrected chi connectivity index (χ4v) is 5.84. The van der Waals surface area contributed by atoms with Gasteiger partial charge in [0.05, 0.1) is 12.0 Å². The number of nitrogens with one attached hydrogen (secondary N) is 1. The topological polar surface area (TPSA) is 189 Å². The lowest BCUT2D eigenvalue weighted by Gasteiger charge is -2.49. The number of carbonyl (C=O) groups is 3. The molecule has 36 heavy (non-hydrogen) atoms. The van der Waals surface area contributed by atoms with Crippen molar-refractivity contribution >= 4 is 51.7 Å². The van der Waals surface area contributed by atoms with E-state index in [1.807, 2.05) is 6.07 Å². The molecule has 5 N–H and O–H groups in total. The molecular formula is C21H18N8O5S2. The molecule has 1 fully saturated rings. The number of rotatable bonds is 7. The first kappa shape index (κ1) is 23.5. The Balaban J connectivity index is 1.33. The Morgan fingerprint density at radius 3 is 2.86 bits per heavy atom. The van der Waals surface area contributed by atoms with E-state index < -0.39 is 34.9 Å². The number of hydrogen-bond donors (Lipinski definition) is 4. The Hall–Kier alpha value is -4.24. The summed E-state index contributed by atoms with van der Waals surface area (Å²) in [6, 6.07) is 2.67. The van der Waals surface area contributed by atoms with E-state index in [4.69, 9.17) is 5.73 Å². The van der Waals surface area contributed by atoms with Crippen molar-refractivity contribution in [2.24, 2.45) is 5.16 Å². The summed E-state index contributed by atoms with van der Waals surface area (Å²) >= 11 is 2.39. The van der Waals surface area contributed by atoms with Crippen LogP contribution < -0.4 is 11.1 Å². The van der Waals surface area contributed by atoms with E-state index in [1.54, 1.807) is 35.6 Å². The van der Waals surface area contributed by atoms with Gasteiger partial charge in [-0.1, -0.05) is 5.16 Å². The van der Waals surface area contributed by atoms with Crippen LogP contribution in [-0.4, -0.2) is 75.4 Å². The van der Waals surface area contributed by atoms with E-state index in [-0.39, 0.29) is 23.1 Å². The maximum atomic E-state index is 12.9. The molecule has 15 heteroatoms. The Morgan fingerprint density at radius 2 is 2.19 bits per heavy atom. The number of aliphatic carboxylic acids is 1. The van der Waals surface area contributed by atoms with E-state index in [2.05, 4.69) is 25.4 Å². The summed E-state index contributed by atoms with van der Waals surface area (Å²) in [5.74, 6) is -2.31. The summed E-state index contributed by atoms with van der Waals surface area (Å²) in [5.41, 5.74) is 7.17. The second-order valence-electron chi connectivity index (χ2n) is 7.81. The van der Waals surface area contributed by atoms with Crippen molar-refractivity contribution in [3.63, 3.8) is 0 Å². The van der Waals surface area contributed by atoms with Gasteiger partial charge in [0.25, 0.3) is 11.8 Å². The summed E-state index contributed by atoms with van der Waals surface area (Å²) in [6.07, 6.45) is 6.71. The van der Waals surface area contributed by atoms with Crippen molar-refractivity contribution in [3.05, 3.63) is 59.4 Å². The summed E-state index contributed by atoms with van der Waals surface area (Å²) in [4.78, 5) is 51.2. The third-order valence-corrected chi connectivity index (χ3v) is 7.59. The molecule has 2 aliphatic heterocycles. The maximum absolute atomic E-state index is 12.9. The minimum Gasteiger partial charge on any atom is -0.477 e. The molecule has 0 bridgehead atoms. The van der Waals surface area contributed by atoms with Gasteiger partial charge in [-0.25, -0.2) is 14.8 Å². The molecule has 1 unspecified atom stereocenters. The number of nitrogens with two attached hydrogens (primary N) is 1. The number of anilines is 1. The number of carboxylic acid groups (broad SMARTS) is 1. The SMILES string of the molecule is Nc1nc(/C(=N/O)C(=O)N[C@@H]2C(=O)N3C(C(=O)O)=C(Cn4cnc(-c5cccnc5)c4)CSC23)cs1. The number of hydrogen-bond acceptors (Lipinski definition) is 11. The normalized spacial score (nSPS) is 19.6. The highest BCUT2D eigenvalue weighted by molar-refractivity contribution is 8.00. The third kappa shape index (κ3) is 4.18. The smallest absolute Gasteiger partial charge is 0.352 e. The summed E-state index contributed by atoms with van der Waals surface area (Å²) in [7, 11) is 0. The minimum atomic E-state index is -1.24. The van der Waals surface area contributed by atoms with Gasteiger partial charge in [-0.05, 0) is 17.7 Å². The Kier molecular flexibility index (Phi) is 6.15. The molecule has 1 saturated heterocycles. The quantitative estimate of drug-likeness (QED) is 0.147. The van der Waals surface area contributed by atoms with E-state index in [1.165, 1.54) is 22.0 Å². The summed E-state index contributed by atoms with van der Waals surface area (Å²) in [6.45, 7) is 0.224. The number of thiazole rings is 1. The Labute approximate surface area is 211 Å². The molecular weight excluding hydrogens is 508 g/mol. The number of oxime groups is 1. The number of amides is 2. The van der Waals surface area contributed by atoms with Crippen LogP contribution in [0.2, 0.25) is 0 Å². The van der Waals surface area contributed by atoms with Crippen LogP contribution in [0.5, 0.6) is 0 Å². The zero-order valence-electron chi connectivity index (χ0n) is 18.3. The van der Waals surface area contributed by atoms with Crippen molar-refractivity contribution < 1.29 is 24.7 Å². The fraction of sp³-hybridized carbons (Fsp3) is 0.190. The molecule has 13 nitrogen and oxygen atoms in total. The standard InChI is InChI=1S/C21H18N8O5S2/c22-21-25-13(8-36-21)14(27-34)17(30)26-15-18(31)29-16(20(32)33)11(7-35-19(15)29)5-28-6-12(24-9-28)10-2-1-3-23-4-10/h1-4,6,8-9,15,19,34H,5,7H2,(H2,22,25)(H,26,30)(H,32,33)/b27-14-/t15-,19?/m1/s1. The number of aromatic nitrogens is 4. The van der Waals surface area contributed by atoms with Crippen molar-refractivity contribution in [2.45, 2.75) is 18.0 Å². The number of nitrogens with zero attached hydrogens (tertiary/aromatic N) is 6. The summed E-state index contributed by atoms with van der Waals surface area (Å²) < 4.78 is 1.74. The van der Waals surface area contributed by atoms with Crippen molar-refractivity contribution in [1.82, 2.24) is 29.7 Å². The number of carbonyl (C=O) groups excluding carboxylic acids is 2. The molecule has 0 aliphatic carbocycles.